The maximum absolute atomic E-state index is 11.8. The van der Waals surface area contributed by atoms with Crippen LogP contribution in [0.15, 0.2) is 24.3 Å². The van der Waals surface area contributed by atoms with Crippen LogP contribution in [0.5, 0.6) is 0 Å². The van der Waals surface area contributed by atoms with Gasteiger partial charge in [-0.1, -0.05) is 0 Å². The van der Waals surface area contributed by atoms with E-state index in [0.29, 0.717) is 11.3 Å². The fourth-order valence-corrected chi connectivity index (χ4v) is 1.77. The van der Waals surface area contributed by atoms with Crippen molar-refractivity contribution in [1.29, 1.82) is 0 Å². The highest BCUT2D eigenvalue weighted by Gasteiger charge is 2.16. The van der Waals surface area contributed by atoms with Crippen LogP contribution >= 0.6 is 0 Å². The Hall–Kier alpha value is -2.17. The van der Waals surface area contributed by atoms with Gasteiger partial charge in [0, 0.05) is 24.2 Å². The average Bonchev–Trinajstić information content (AvgIpc) is 2.35. The number of ketones is 1. The smallest absolute Gasteiger partial charge is 0.240 e. The highest BCUT2D eigenvalue weighted by molar-refractivity contribution is 5.98. The van der Waals surface area contributed by atoms with Crippen LogP contribution in [0, 0.1) is 0 Å². The second-order valence-electron chi connectivity index (χ2n) is 4.93. The Morgan fingerprint density at radius 1 is 1.10 bits per heavy atom. The number of hydrogen-bond donors (Lipinski definition) is 1. The van der Waals surface area contributed by atoms with E-state index in [2.05, 4.69) is 5.32 Å². The van der Waals surface area contributed by atoms with Crippen molar-refractivity contribution in [2.24, 2.45) is 0 Å². The van der Waals surface area contributed by atoms with Crippen LogP contribution in [-0.4, -0.2) is 30.2 Å². The standard InChI is InChI=1S/C15H20N2O3/c1-10(2)16-15(20)9-17(12(4)19)14-7-5-13(6-8-14)11(3)18/h5-8,10H,9H2,1-4H3,(H,16,20). The molecule has 0 heterocycles. The van der Waals surface area contributed by atoms with Crippen LogP contribution in [0.1, 0.15) is 38.1 Å². The van der Waals surface area contributed by atoms with E-state index in [1.165, 1.54) is 18.7 Å². The molecule has 5 nitrogen and oxygen atoms in total. The summed E-state index contributed by atoms with van der Waals surface area (Å²) in [6.07, 6.45) is 0. The van der Waals surface area contributed by atoms with Gasteiger partial charge in [-0.15, -0.1) is 0 Å². The van der Waals surface area contributed by atoms with Gasteiger partial charge in [0.25, 0.3) is 0 Å². The van der Waals surface area contributed by atoms with Gasteiger partial charge in [0.05, 0.1) is 0 Å². The zero-order chi connectivity index (χ0) is 15.3. The summed E-state index contributed by atoms with van der Waals surface area (Å²) in [5, 5.41) is 2.74. The Balaban J connectivity index is 2.88. The van der Waals surface area contributed by atoms with Crippen molar-refractivity contribution in [3.8, 4) is 0 Å². The van der Waals surface area contributed by atoms with Gasteiger partial charge in [0.1, 0.15) is 6.54 Å². The molecule has 108 valence electrons. The Bertz CT molecular complexity index is 506. The van der Waals surface area contributed by atoms with Gasteiger partial charge in [0.2, 0.25) is 11.8 Å². The lowest BCUT2D eigenvalue weighted by atomic mass is 10.1. The van der Waals surface area contributed by atoms with Crippen molar-refractivity contribution in [3.63, 3.8) is 0 Å². The predicted octanol–water partition coefficient (Wildman–Crippen LogP) is 1.77. The maximum Gasteiger partial charge on any atom is 0.240 e. The van der Waals surface area contributed by atoms with E-state index in [1.54, 1.807) is 24.3 Å². The molecule has 0 aromatic heterocycles. The first-order chi connectivity index (χ1) is 9.31. The summed E-state index contributed by atoms with van der Waals surface area (Å²) in [5.41, 5.74) is 1.17. The molecule has 0 aliphatic rings. The summed E-state index contributed by atoms with van der Waals surface area (Å²) in [7, 11) is 0. The molecular weight excluding hydrogens is 256 g/mol. The molecule has 1 aromatic carbocycles. The SMILES string of the molecule is CC(=O)c1ccc(N(CC(=O)NC(C)C)C(C)=O)cc1. The number of benzene rings is 1. The van der Waals surface area contributed by atoms with E-state index in [4.69, 9.17) is 0 Å². The van der Waals surface area contributed by atoms with Gasteiger partial charge in [-0.25, -0.2) is 0 Å². The highest BCUT2D eigenvalue weighted by atomic mass is 16.2. The van der Waals surface area contributed by atoms with Crippen molar-refractivity contribution in [1.82, 2.24) is 5.32 Å². The molecule has 0 aliphatic heterocycles. The van der Waals surface area contributed by atoms with Gasteiger partial charge in [-0.3, -0.25) is 14.4 Å². The van der Waals surface area contributed by atoms with Crippen molar-refractivity contribution in [3.05, 3.63) is 29.8 Å². The molecule has 0 fully saturated rings. The van der Waals surface area contributed by atoms with Crippen LogP contribution in [-0.2, 0) is 9.59 Å². The molecule has 2 amide bonds. The van der Waals surface area contributed by atoms with Crippen LogP contribution in [0.3, 0.4) is 0 Å². The first-order valence-electron chi connectivity index (χ1n) is 6.49. The minimum Gasteiger partial charge on any atom is -0.352 e. The van der Waals surface area contributed by atoms with Crippen molar-refractivity contribution < 1.29 is 14.4 Å². The molecule has 0 saturated heterocycles. The first kappa shape index (κ1) is 15.9. The van der Waals surface area contributed by atoms with E-state index in [0.717, 1.165) is 0 Å². The molecule has 0 atom stereocenters. The molecule has 0 unspecified atom stereocenters. The minimum absolute atomic E-state index is 0.0244. The number of anilines is 1. The Kier molecular flexibility index (Phi) is 5.43. The van der Waals surface area contributed by atoms with E-state index in [-0.39, 0.29) is 30.2 Å². The third-order valence-electron chi connectivity index (χ3n) is 2.72. The fraction of sp³-hybridized carbons (Fsp3) is 0.400. The monoisotopic (exact) mass is 276 g/mol. The molecule has 1 aromatic rings. The highest BCUT2D eigenvalue weighted by Crippen LogP contribution is 2.15. The summed E-state index contributed by atoms with van der Waals surface area (Å²) < 4.78 is 0. The zero-order valence-electron chi connectivity index (χ0n) is 12.3. The maximum atomic E-state index is 11.8. The number of rotatable bonds is 5. The molecule has 0 bridgehead atoms. The second kappa shape index (κ2) is 6.84. The molecule has 20 heavy (non-hydrogen) atoms. The lowest BCUT2D eigenvalue weighted by Crippen LogP contribution is -2.42. The summed E-state index contributed by atoms with van der Waals surface area (Å²) in [5.74, 6) is -0.478. The molecule has 1 N–H and O–H groups in total. The number of nitrogens with one attached hydrogen (secondary N) is 1. The zero-order valence-corrected chi connectivity index (χ0v) is 12.3. The van der Waals surface area contributed by atoms with Gasteiger partial charge < -0.3 is 10.2 Å². The van der Waals surface area contributed by atoms with Gasteiger partial charge in [0.15, 0.2) is 5.78 Å². The van der Waals surface area contributed by atoms with E-state index in [9.17, 15) is 14.4 Å². The van der Waals surface area contributed by atoms with Gasteiger partial charge in [-0.2, -0.15) is 0 Å². The Labute approximate surface area is 119 Å². The second-order valence-corrected chi connectivity index (χ2v) is 4.93. The van der Waals surface area contributed by atoms with Crippen molar-refractivity contribution in [2.75, 3.05) is 11.4 Å². The minimum atomic E-state index is -0.223. The van der Waals surface area contributed by atoms with Crippen molar-refractivity contribution in [2.45, 2.75) is 33.7 Å². The van der Waals surface area contributed by atoms with Crippen LogP contribution < -0.4 is 10.2 Å². The molecular formula is C15H20N2O3. The van der Waals surface area contributed by atoms with Gasteiger partial charge in [-0.05, 0) is 45.0 Å². The summed E-state index contributed by atoms with van der Waals surface area (Å²) in [4.78, 5) is 36.0. The van der Waals surface area contributed by atoms with E-state index in [1.807, 2.05) is 13.8 Å². The number of carbonyl (C=O) groups is 3. The topological polar surface area (TPSA) is 66.5 Å². The summed E-state index contributed by atoms with van der Waals surface area (Å²) in [6.45, 7) is 6.57. The molecule has 0 aliphatic carbocycles. The normalized spacial score (nSPS) is 10.2. The van der Waals surface area contributed by atoms with Crippen LogP contribution in [0.2, 0.25) is 0 Å². The Morgan fingerprint density at radius 2 is 1.65 bits per heavy atom. The number of Topliss-reactive ketones (excluding diaryl/α,β-unsaturated/α-hetero) is 1. The number of carbonyl (C=O) groups excluding carboxylic acids is 3. The number of amides is 2. The third kappa shape index (κ3) is 4.50. The third-order valence-corrected chi connectivity index (χ3v) is 2.72. The number of nitrogens with zero attached hydrogens (tertiary/aromatic N) is 1. The molecule has 0 radical (unpaired) electrons. The van der Waals surface area contributed by atoms with Crippen molar-refractivity contribution >= 4 is 23.3 Å². The quantitative estimate of drug-likeness (QED) is 0.833. The van der Waals surface area contributed by atoms with E-state index >= 15 is 0 Å². The fourth-order valence-electron chi connectivity index (χ4n) is 1.77. The average molecular weight is 276 g/mol. The molecule has 0 saturated carbocycles. The lowest BCUT2D eigenvalue weighted by molar-refractivity contribution is -0.123. The largest absolute Gasteiger partial charge is 0.352 e. The Morgan fingerprint density at radius 3 is 2.05 bits per heavy atom. The molecule has 5 heteroatoms. The summed E-state index contributed by atoms with van der Waals surface area (Å²) >= 11 is 0. The first-order valence-corrected chi connectivity index (χ1v) is 6.49. The van der Waals surface area contributed by atoms with E-state index < -0.39 is 0 Å². The number of hydrogen-bond acceptors (Lipinski definition) is 3. The molecule has 1 rings (SSSR count). The predicted molar refractivity (Wildman–Crippen MR) is 77.8 cm³/mol. The molecule has 0 spiro atoms. The van der Waals surface area contributed by atoms with Gasteiger partial charge >= 0.3 is 0 Å². The van der Waals surface area contributed by atoms with Crippen LogP contribution in [0.4, 0.5) is 5.69 Å². The summed E-state index contributed by atoms with van der Waals surface area (Å²) in [6, 6.07) is 6.65. The van der Waals surface area contributed by atoms with Crippen LogP contribution in [0.25, 0.3) is 0 Å². The lowest BCUT2D eigenvalue weighted by Gasteiger charge is -2.21.